The summed E-state index contributed by atoms with van der Waals surface area (Å²) in [5.41, 5.74) is 5.83. The first-order valence-corrected chi connectivity index (χ1v) is 9.31. The molecule has 0 spiro atoms. The average Bonchev–Trinajstić information content (AvgIpc) is 3.10. The van der Waals surface area contributed by atoms with Crippen LogP contribution in [0.4, 0.5) is 13.2 Å². The van der Waals surface area contributed by atoms with E-state index in [1.165, 1.54) is 17.4 Å². The molecule has 4 nitrogen and oxygen atoms in total. The fraction of sp³-hybridized carbons (Fsp3) is 0.444. The van der Waals surface area contributed by atoms with Gasteiger partial charge in [-0.25, -0.2) is 4.98 Å². The second-order valence-electron chi connectivity index (χ2n) is 6.61. The summed E-state index contributed by atoms with van der Waals surface area (Å²) in [6.07, 6.45) is -2.70. The number of thiazole rings is 1. The molecule has 2 N–H and O–H groups in total. The number of carbonyl (C=O) groups excluding carboxylic acids is 1. The zero-order valence-electron chi connectivity index (χ0n) is 15.1. The van der Waals surface area contributed by atoms with Crippen molar-refractivity contribution in [2.45, 2.75) is 32.0 Å². The molecule has 1 amide bonds. The van der Waals surface area contributed by atoms with Gasteiger partial charge in [0.25, 0.3) is 5.91 Å². The first-order chi connectivity index (χ1) is 12.3. The molecule has 28 heavy (non-hydrogen) atoms. The standard InChI is InChI=1S/C18H20F3N3OS.2ClH/c1-11(22)12-5-7-24(8-6-12)17(25)15-10-26-16(23-15)13-3-2-4-14(9-13)18(19,20)21;;/h2-4,9-12H,5-8,22H2,1H3;2*1H. The van der Waals surface area contributed by atoms with E-state index in [1.54, 1.807) is 16.3 Å². The number of nitrogens with two attached hydrogens (primary N) is 1. The van der Waals surface area contributed by atoms with Crippen molar-refractivity contribution in [2.75, 3.05) is 13.1 Å². The summed E-state index contributed by atoms with van der Waals surface area (Å²) in [5, 5.41) is 2.01. The molecule has 0 aliphatic carbocycles. The molecule has 1 atom stereocenters. The van der Waals surface area contributed by atoms with Crippen LogP contribution in [0.2, 0.25) is 0 Å². The van der Waals surface area contributed by atoms with Gasteiger partial charge in [0.1, 0.15) is 10.7 Å². The van der Waals surface area contributed by atoms with E-state index in [1.807, 2.05) is 6.92 Å². The molecule has 3 rings (SSSR count). The van der Waals surface area contributed by atoms with E-state index in [4.69, 9.17) is 5.73 Å². The lowest BCUT2D eigenvalue weighted by Crippen LogP contribution is -2.42. The zero-order valence-corrected chi connectivity index (χ0v) is 17.6. The van der Waals surface area contributed by atoms with Gasteiger partial charge < -0.3 is 10.6 Å². The number of piperidine rings is 1. The van der Waals surface area contributed by atoms with Crippen molar-refractivity contribution < 1.29 is 18.0 Å². The van der Waals surface area contributed by atoms with Gasteiger partial charge in [0, 0.05) is 30.1 Å². The van der Waals surface area contributed by atoms with Gasteiger partial charge in [-0.05, 0) is 37.8 Å². The van der Waals surface area contributed by atoms with Crippen molar-refractivity contribution in [1.82, 2.24) is 9.88 Å². The van der Waals surface area contributed by atoms with E-state index in [2.05, 4.69) is 4.98 Å². The van der Waals surface area contributed by atoms with Gasteiger partial charge in [-0.15, -0.1) is 36.2 Å². The fourth-order valence-corrected chi connectivity index (χ4v) is 3.91. The highest BCUT2D eigenvalue weighted by Crippen LogP contribution is 2.33. The summed E-state index contributed by atoms with van der Waals surface area (Å²) in [6, 6.07) is 5.10. The molecule has 1 aliphatic rings. The molecule has 1 aromatic carbocycles. The maximum Gasteiger partial charge on any atom is 0.416 e. The summed E-state index contributed by atoms with van der Waals surface area (Å²) in [7, 11) is 0. The number of alkyl halides is 3. The quantitative estimate of drug-likeness (QED) is 0.717. The summed E-state index contributed by atoms with van der Waals surface area (Å²) in [6.45, 7) is 3.23. The number of likely N-dealkylation sites (tertiary alicyclic amines) is 1. The number of carbonyl (C=O) groups is 1. The van der Waals surface area contributed by atoms with Crippen LogP contribution < -0.4 is 5.73 Å². The van der Waals surface area contributed by atoms with Crippen LogP contribution in [0.25, 0.3) is 10.6 Å². The molecule has 0 saturated carbocycles. The third kappa shape index (κ3) is 5.59. The second kappa shape index (κ2) is 9.91. The minimum absolute atomic E-state index is 0. The smallest absolute Gasteiger partial charge is 0.337 e. The van der Waals surface area contributed by atoms with Crippen molar-refractivity contribution in [2.24, 2.45) is 11.7 Å². The Balaban J connectivity index is 0.00000196. The van der Waals surface area contributed by atoms with Crippen molar-refractivity contribution >= 4 is 42.1 Å². The Morgan fingerprint density at radius 1 is 1.29 bits per heavy atom. The van der Waals surface area contributed by atoms with Crippen LogP contribution in [0, 0.1) is 5.92 Å². The predicted octanol–water partition coefficient (Wildman–Crippen LogP) is 4.87. The molecule has 2 heterocycles. The SMILES string of the molecule is CC(N)C1CCN(C(=O)c2csc(-c3cccc(C(F)(F)F)c3)n2)CC1.Cl.Cl. The number of amides is 1. The molecular weight excluding hydrogens is 434 g/mol. The van der Waals surface area contributed by atoms with E-state index in [-0.39, 0.29) is 42.5 Å². The molecule has 1 aliphatic heterocycles. The third-order valence-electron chi connectivity index (χ3n) is 4.73. The van der Waals surface area contributed by atoms with E-state index < -0.39 is 11.7 Å². The second-order valence-corrected chi connectivity index (χ2v) is 7.46. The number of nitrogens with zero attached hydrogens (tertiary/aromatic N) is 2. The monoisotopic (exact) mass is 455 g/mol. The number of benzene rings is 1. The van der Waals surface area contributed by atoms with Crippen molar-refractivity contribution in [3.63, 3.8) is 0 Å². The first-order valence-electron chi connectivity index (χ1n) is 8.43. The topological polar surface area (TPSA) is 59.2 Å². The number of halogens is 5. The third-order valence-corrected chi connectivity index (χ3v) is 5.62. The molecule has 1 aromatic heterocycles. The Hall–Kier alpha value is -1.35. The van der Waals surface area contributed by atoms with Crippen LogP contribution >= 0.6 is 36.2 Å². The molecule has 156 valence electrons. The Bertz CT molecular complexity index is 790. The van der Waals surface area contributed by atoms with Crippen LogP contribution in [-0.4, -0.2) is 34.9 Å². The molecule has 0 radical (unpaired) electrons. The Kier molecular flexibility index (Phi) is 8.74. The van der Waals surface area contributed by atoms with E-state index >= 15 is 0 Å². The summed E-state index contributed by atoms with van der Waals surface area (Å²) < 4.78 is 38.6. The van der Waals surface area contributed by atoms with Crippen molar-refractivity contribution in [3.05, 3.63) is 40.9 Å². The largest absolute Gasteiger partial charge is 0.416 e. The molecule has 2 aromatic rings. The zero-order chi connectivity index (χ0) is 18.9. The summed E-state index contributed by atoms with van der Waals surface area (Å²) in [4.78, 5) is 18.6. The predicted molar refractivity (Wildman–Crippen MR) is 109 cm³/mol. The minimum atomic E-state index is -4.41. The number of aromatic nitrogens is 1. The Labute approximate surface area is 178 Å². The van der Waals surface area contributed by atoms with Gasteiger partial charge in [-0.3, -0.25) is 4.79 Å². The molecule has 1 saturated heterocycles. The highest BCUT2D eigenvalue weighted by atomic mass is 35.5. The van der Waals surface area contributed by atoms with Gasteiger partial charge in [-0.2, -0.15) is 13.2 Å². The van der Waals surface area contributed by atoms with Crippen LogP contribution in [0.5, 0.6) is 0 Å². The molecule has 1 fully saturated rings. The Morgan fingerprint density at radius 3 is 2.50 bits per heavy atom. The molecule has 1 unspecified atom stereocenters. The van der Waals surface area contributed by atoms with Crippen LogP contribution in [0.15, 0.2) is 29.6 Å². The van der Waals surface area contributed by atoms with E-state index in [9.17, 15) is 18.0 Å². The van der Waals surface area contributed by atoms with Crippen molar-refractivity contribution in [1.29, 1.82) is 0 Å². The fourth-order valence-electron chi connectivity index (χ4n) is 3.12. The molecular formula is C18H22Cl2F3N3OS. The van der Waals surface area contributed by atoms with Crippen LogP contribution in [0.1, 0.15) is 35.8 Å². The lowest BCUT2D eigenvalue weighted by Gasteiger charge is -2.33. The van der Waals surface area contributed by atoms with Gasteiger partial charge in [0.05, 0.1) is 5.56 Å². The van der Waals surface area contributed by atoms with Gasteiger partial charge in [0.2, 0.25) is 0 Å². The van der Waals surface area contributed by atoms with Gasteiger partial charge in [-0.1, -0.05) is 12.1 Å². The number of hydrogen-bond donors (Lipinski definition) is 1. The highest BCUT2D eigenvalue weighted by molar-refractivity contribution is 7.13. The average molecular weight is 456 g/mol. The Morgan fingerprint density at radius 2 is 1.93 bits per heavy atom. The lowest BCUT2D eigenvalue weighted by molar-refractivity contribution is -0.137. The van der Waals surface area contributed by atoms with Gasteiger partial charge >= 0.3 is 6.18 Å². The summed E-state index contributed by atoms with van der Waals surface area (Å²) in [5.74, 6) is 0.234. The number of rotatable bonds is 3. The van der Waals surface area contributed by atoms with Crippen LogP contribution in [0.3, 0.4) is 0 Å². The first kappa shape index (κ1) is 24.7. The maximum atomic E-state index is 12.9. The molecule has 0 bridgehead atoms. The van der Waals surface area contributed by atoms with Crippen LogP contribution in [-0.2, 0) is 6.18 Å². The minimum Gasteiger partial charge on any atom is -0.337 e. The van der Waals surface area contributed by atoms with E-state index in [0.29, 0.717) is 29.6 Å². The van der Waals surface area contributed by atoms with Gasteiger partial charge in [0.15, 0.2) is 0 Å². The number of hydrogen-bond acceptors (Lipinski definition) is 4. The molecule has 10 heteroatoms. The summed E-state index contributed by atoms with van der Waals surface area (Å²) >= 11 is 1.17. The highest BCUT2D eigenvalue weighted by Gasteiger charge is 2.31. The normalized spacial score (nSPS) is 16.1. The maximum absolute atomic E-state index is 12.9. The van der Waals surface area contributed by atoms with E-state index in [0.717, 1.165) is 25.0 Å². The lowest BCUT2D eigenvalue weighted by atomic mass is 9.91. The van der Waals surface area contributed by atoms with Crippen molar-refractivity contribution in [3.8, 4) is 10.6 Å².